The van der Waals surface area contributed by atoms with E-state index in [0.717, 1.165) is 0 Å². The average Bonchev–Trinajstić information content (AvgIpc) is 2.96. The molecule has 6 heteroatoms. The fraction of sp³-hybridized carbons (Fsp3) is 0.545. The molecule has 92 valence electrons. The van der Waals surface area contributed by atoms with E-state index in [0.29, 0.717) is 24.4 Å². The summed E-state index contributed by atoms with van der Waals surface area (Å²) in [4.78, 5) is 24.0. The lowest BCUT2D eigenvalue weighted by atomic mass is 10.2. The van der Waals surface area contributed by atoms with E-state index in [2.05, 4.69) is 5.16 Å². The molecule has 2 atom stereocenters. The van der Waals surface area contributed by atoms with Crippen LogP contribution in [0.25, 0.3) is 0 Å². The van der Waals surface area contributed by atoms with Crippen LogP contribution in [0, 0.1) is 18.8 Å². The molecule has 1 fully saturated rings. The zero-order chi connectivity index (χ0) is 12.6. The molecule has 1 aromatic rings. The van der Waals surface area contributed by atoms with Crippen LogP contribution < -0.4 is 0 Å². The Morgan fingerprint density at radius 3 is 2.76 bits per heavy atom. The van der Waals surface area contributed by atoms with Crippen LogP contribution >= 0.6 is 0 Å². The summed E-state index contributed by atoms with van der Waals surface area (Å²) in [6.07, 6.45) is 0.441. The maximum absolute atomic E-state index is 11.8. The van der Waals surface area contributed by atoms with Gasteiger partial charge in [0, 0.05) is 13.1 Å². The molecule has 1 aliphatic rings. The number of aromatic nitrogens is 1. The molecule has 2 rings (SSSR count). The zero-order valence-electron chi connectivity index (χ0n) is 9.71. The molecular formula is C11H14N2O4. The summed E-state index contributed by atoms with van der Waals surface area (Å²) in [6.45, 7) is 2.12. The van der Waals surface area contributed by atoms with E-state index in [4.69, 9.17) is 9.63 Å². The Bertz CT molecular complexity index is 454. The van der Waals surface area contributed by atoms with Gasteiger partial charge in [0.25, 0.3) is 0 Å². The van der Waals surface area contributed by atoms with E-state index in [1.54, 1.807) is 20.0 Å². The van der Waals surface area contributed by atoms with Gasteiger partial charge in [-0.15, -0.1) is 0 Å². The summed E-state index contributed by atoms with van der Waals surface area (Å²) in [6, 6.07) is 1.76. The second kappa shape index (κ2) is 4.20. The molecule has 1 aromatic heterocycles. The lowest BCUT2D eigenvalue weighted by Gasteiger charge is -2.14. The second-order valence-corrected chi connectivity index (χ2v) is 4.41. The highest BCUT2D eigenvalue weighted by atomic mass is 16.5. The SMILES string of the molecule is Cc1cc(CN(C)C(=O)C2CC2C(=O)O)no1. The molecule has 1 aliphatic carbocycles. The van der Waals surface area contributed by atoms with Gasteiger partial charge in [0.05, 0.1) is 18.4 Å². The van der Waals surface area contributed by atoms with Crippen LogP contribution in [0.15, 0.2) is 10.6 Å². The second-order valence-electron chi connectivity index (χ2n) is 4.41. The molecular weight excluding hydrogens is 224 g/mol. The van der Waals surface area contributed by atoms with Gasteiger partial charge in [-0.25, -0.2) is 0 Å². The van der Waals surface area contributed by atoms with E-state index >= 15 is 0 Å². The molecule has 0 aromatic carbocycles. The molecule has 0 aliphatic heterocycles. The lowest BCUT2D eigenvalue weighted by molar-refractivity contribution is -0.141. The maximum atomic E-state index is 11.8. The fourth-order valence-corrected chi connectivity index (χ4v) is 1.84. The molecule has 1 heterocycles. The summed E-state index contributed by atoms with van der Waals surface area (Å²) in [5, 5.41) is 12.5. The molecule has 0 spiro atoms. The number of aliphatic carboxylic acids is 1. The van der Waals surface area contributed by atoms with Gasteiger partial charge in [0.15, 0.2) is 0 Å². The maximum Gasteiger partial charge on any atom is 0.307 e. The van der Waals surface area contributed by atoms with Crippen molar-refractivity contribution in [2.75, 3.05) is 7.05 Å². The Hall–Kier alpha value is -1.85. The Morgan fingerprint density at radius 1 is 1.59 bits per heavy atom. The molecule has 1 N–H and O–H groups in total. The summed E-state index contributed by atoms with van der Waals surface area (Å²) in [5.74, 6) is -1.22. The van der Waals surface area contributed by atoms with Crippen molar-refractivity contribution in [3.63, 3.8) is 0 Å². The first-order valence-corrected chi connectivity index (χ1v) is 5.39. The number of amides is 1. The number of carboxylic acid groups (broad SMARTS) is 1. The average molecular weight is 238 g/mol. The smallest absolute Gasteiger partial charge is 0.307 e. The van der Waals surface area contributed by atoms with E-state index in [-0.39, 0.29) is 11.8 Å². The largest absolute Gasteiger partial charge is 0.481 e. The predicted octanol–water partition coefficient (Wildman–Crippen LogP) is 0.662. The number of carbonyl (C=O) groups excluding carboxylic acids is 1. The highest BCUT2D eigenvalue weighted by Crippen LogP contribution is 2.40. The standard InChI is InChI=1S/C11H14N2O4/c1-6-3-7(12-17-6)5-13(2)10(14)8-4-9(8)11(15)16/h3,8-9H,4-5H2,1-2H3,(H,15,16). The van der Waals surface area contributed by atoms with Gasteiger partial charge in [0.1, 0.15) is 11.5 Å². The van der Waals surface area contributed by atoms with Crippen LogP contribution in [0.5, 0.6) is 0 Å². The first kappa shape index (κ1) is 11.6. The fourth-order valence-electron chi connectivity index (χ4n) is 1.84. The van der Waals surface area contributed by atoms with Gasteiger partial charge >= 0.3 is 5.97 Å². The van der Waals surface area contributed by atoms with Crippen molar-refractivity contribution in [2.24, 2.45) is 11.8 Å². The van der Waals surface area contributed by atoms with E-state index < -0.39 is 11.9 Å². The Balaban J connectivity index is 1.91. The summed E-state index contributed by atoms with van der Waals surface area (Å²) < 4.78 is 4.90. The Labute approximate surface area is 98.2 Å². The minimum Gasteiger partial charge on any atom is -0.481 e. The van der Waals surface area contributed by atoms with Gasteiger partial charge in [-0.2, -0.15) is 0 Å². The number of rotatable bonds is 4. The first-order chi connectivity index (χ1) is 7.99. The molecule has 0 radical (unpaired) electrons. The Kier molecular flexibility index (Phi) is 2.87. The molecule has 1 amide bonds. The number of aryl methyl sites for hydroxylation is 1. The number of carbonyl (C=O) groups is 2. The van der Waals surface area contributed by atoms with Gasteiger partial charge in [0.2, 0.25) is 5.91 Å². The minimum absolute atomic E-state index is 0.141. The van der Waals surface area contributed by atoms with Crippen LogP contribution in [-0.2, 0) is 16.1 Å². The van der Waals surface area contributed by atoms with Gasteiger partial charge in [-0.05, 0) is 13.3 Å². The van der Waals surface area contributed by atoms with Crippen LogP contribution in [-0.4, -0.2) is 34.1 Å². The molecule has 0 saturated heterocycles. The number of nitrogens with zero attached hydrogens (tertiary/aromatic N) is 2. The molecule has 6 nitrogen and oxygen atoms in total. The normalized spacial score (nSPS) is 22.2. The third-order valence-corrected chi connectivity index (χ3v) is 2.88. The zero-order valence-corrected chi connectivity index (χ0v) is 9.71. The number of hydrogen-bond donors (Lipinski definition) is 1. The minimum atomic E-state index is -0.894. The van der Waals surface area contributed by atoms with Crippen molar-refractivity contribution in [1.29, 1.82) is 0 Å². The quantitative estimate of drug-likeness (QED) is 0.833. The predicted molar refractivity (Wildman–Crippen MR) is 56.9 cm³/mol. The van der Waals surface area contributed by atoms with Crippen LogP contribution in [0.3, 0.4) is 0 Å². The van der Waals surface area contributed by atoms with Crippen molar-refractivity contribution in [2.45, 2.75) is 19.9 Å². The molecule has 2 unspecified atom stereocenters. The topological polar surface area (TPSA) is 83.6 Å². The van der Waals surface area contributed by atoms with Crippen molar-refractivity contribution in [3.8, 4) is 0 Å². The summed E-state index contributed by atoms with van der Waals surface area (Å²) in [7, 11) is 1.64. The van der Waals surface area contributed by atoms with Crippen molar-refractivity contribution >= 4 is 11.9 Å². The van der Waals surface area contributed by atoms with Crippen molar-refractivity contribution in [1.82, 2.24) is 10.1 Å². The highest BCUT2D eigenvalue weighted by Gasteiger charge is 2.49. The van der Waals surface area contributed by atoms with Gasteiger partial charge in [-0.3, -0.25) is 9.59 Å². The monoisotopic (exact) mass is 238 g/mol. The molecule has 0 bridgehead atoms. The van der Waals surface area contributed by atoms with E-state index in [1.165, 1.54) is 4.90 Å². The third kappa shape index (κ3) is 2.46. The van der Waals surface area contributed by atoms with E-state index in [9.17, 15) is 9.59 Å². The first-order valence-electron chi connectivity index (χ1n) is 5.39. The Morgan fingerprint density at radius 2 is 2.29 bits per heavy atom. The third-order valence-electron chi connectivity index (χ3n) is 2.88. The van der Waals surface area contributed by atoms with Crippen LogP contribution in [0.4, 0.5) is 0 Å². The van der Waals surface area contributed by atoms with Crippen LogP contribution in [0.2, 0.25) is 0 Å². The van der Waals surface area contributed by atoms with Gasteiger partial charge in [-0.1, -0.05) is 5.16 Å². The van der Waals surface area contributed by atoms with Crippen molar-refractivity contribution in [3.05, 3.63) is 17.5 Å². The molecule has 1 saturated carbocycles. The molecule has 17 heavy (non-hydrogen) atoms. The van der Waals surface area contributed by atoms with Crippen LogP contribution in [0.1, 0.15) is 17.9 Å². The van der Waals surface area contributed by atoms with Gasteiger partial charge < -0.3 is 14.5 Å². The lowest BCUT2D eigenvalue weighted by Crippen LogP contribution is -2.28. The number of carboxylic acids is 1. The highest BCUT2D eigenvalue weighted by molar-refractivity contribution is 5.89. The number of hydrogen-bond acceptors (Lipinski definition) is 4. The van der Waals surface area contributed by atoms with E-state index in [1.807, 2.05) is 0 Å². The summed E-state index contributed by atoms with van der Waals surface area (Å²) >= 11 is 0. The summed E-state index contributed by atoms with van der Waals surface area (Å²) in [5.41, 5.74) is 0.672. The van der Waals surface area contributed by atoms with Crippen molar-refractivity contribution < 1.29 is 19.2 Å².